The molecule has 2 rings (SSSR count). The van der Waals surface area contributed by atoms with Gasteiger partial charge in [0.05, 0.1) is 12.6 Å². The minimum atomic E-state index is -0.213. The standard InChI is InChI=1S/C17H32N2O2/c1-13-4-6-16(7-5-13)18(3)17(21)12-19-10-8-15(9-11-19)14(2)20/h13-16,20H,4-12H2,1-3H3. The zero-order chi connectivity index (χ0) is 15.4. The van der Waals surface area contributed by atoms with Crippen LogP contribution in [0.2, 0.25) is 0 Å². The SMILES string of the molecule is CC1CCC(N(C)C(=O)CN2CCC(C(C)O)CC2)CC1. The van der Waals surface area contributed by atoms with Gasteiger partial charge < -0.3 is 10.0 Å². The molecule has 122 valence electrons. The molecular formula is C17H32N2O2. The number of aliphatic hydroxyl groups is 1. The van der Waals surface area contributed by atoms with Gasteiger partial charge in [0.25, 0.3) is 0 Å². The normalized spacial score (nSPS) is 30.1. The Balaban J connectivity index is 1.74. The van der Waals surface area contributed by atoms with Crippen LogP contribution in [0.25, 0.3) is 0 Å². The number of carbonyl (C=O) groups excluding carboxylic acids is 1. The van der Waals surface area contributed by atoms with Crippen LogP contribution in [0.4, 0.5) is 0 Å². The van der Waals surface area contributed by atoms with Crippen molar-refractivity contribution in [3.8, 4) is 0 Å². The van der Waals surface area contributed by atoms with E-state index >= 15 is 0 Å². The first-order valence-electron chi connectivity index (χ1n) is 8.63. The topological polar surface area (TPSA) is 43.8 Å². The number of carbonyl (C=O) groups is 1. The van der Waals surface area contributed by atoms with Crippen LogP contribution in [0.5, 0.6) is 0 Å². The largest absolute Gasteiger partial charge is 0.393 e. The average Bonchev–Trinajstić information content (AvgIpc) is 2.47. The lowest BCUT2D eigenvalue weighted by Gasteiger charge is -2.37. The van der Waals surface area contributed by atoms with Gasteiger partial charge in [-0.1, -0.05) is 6.92 Å². The van der Waals surface area contributed by atoms with E-state index in [0.29, 0.717) is 18.5 Å². The van der Waals surface area contributed by atoms with Gasteiger partial charge >= 0.3 is 0 Å². The summed E-state index contributed by atoms with van der Waals surface area (Å²) in [6.45, 7) is 6.62. The second-order valence-electron chi connectivity index (χ2n) is 7.27. The maximum Gasteiger partial charge on any atom is 0.236 e. The lowest BCUT2D eigenvalue weighted by atomic mass is 9.86. The molecule has 0 aromatic rings. The summed E-state index contributed by atoms with van der Waals surface area (Å²) in [4.78, 5) is 16.7. The maximum absolute atomic E-state index is 12.4. The van der Waals surface area contributed by atoms with Crippen LogP contribution in [0.15, 0.2) is 0 Å². The molecule has 0 bridgehead atoms. The fourth-order valence-corrected chi connectivity index (χ4v) is 3.73. The first-order chi connectivity index (χ1) is 9.97. The number of likely N-dealkylation sites (tertiary alicyclic amines) is 1. The summed E-state index contributed by atoms with van der Waals surface area (Å²) in [6.07, 6.45) is 6.63. The molecule has 4 heteroatoms. The van der Waals surface area contributed by atoms with Crippen molar-refractivity contribution in [1.29, 1.82) is 0 Å². The van der Waals surface area contributed by atoms with Gasteiger partial charge in [0.15, 0.2) is 0 Å². The van der Waals surface area contributed by atoms with Crippen molar-refractivity contribution >= 4 is 5.91 Å². The average molecular weight is 296 g/mol. The van der Waals surface area contributed by atoms with Crippen LogP contribution < -0.4 is 0 Å². The quantitative estimate of drug-likeness (QED) is 0.864. The van der Waals surface area contributed by atoms with Gasteiger partial charge in [-0.2, -0.15) is 0 Å². The summed E-state index contributed by atoms with van der Waals surface area (Å²) < 4.78 is 0. The molecule has 1 atom stereocenters. The number of piperidine rings is 1. The second-order valence-corrected chi connectivity index (χ2v) is 7.27. The predicted octanol–water partition coefficient (Wildman–Crippen LogP) is 2.12. The molecule has 1 aliphatic carbocycles. The molecule has 1 saturated heterocycles. The predicted molar refractivity (Wildman–Crippen MR) is 85.0 cm³/mol. The Morgan fingerprint density at radius 3 is 2.29 bits per heavy atom. The molecule has 0 aromatic carbocycles. The monoisotopic (exact) mass is 296 g/mol. The molecule has 1 amide bonds. The summed E-state index contributed by atoms with van der Waals surface area (Å²) in [5.74, 6) is 1.50. The molecule has 4 nitrogen and oxygen atoms in total. The van der Waals surface area contributed by atoms with E-state index in [1.165, 1.54) is 12.8 Å². The van der Waals surface area contributed by atoms with E-state index < -0.39 is 0 Å². The molecule has 0 aromatic heterocycles. The van der Waals surface area contributed by atoms with Gasteiger partial charge in [-0.05, 0) is 70.4 Å². The molecular weight excluding hydrogens is 264 g/mol. The number of hydrogen-bond donors (Lipinski definition) is 1. The fourth-order valence-electron chi connectivity index (χ4n) is 3.73. The third kappa shape index (κ3) is 4.68. The molecule has 1 heterocycles. The van der Waals surface area contributed by atoms with Gasteiger partial charge in [0.2, 0.25) is 5.91 Å². The van der Waals surface area contributed by atoms with Crippen LogP contribution in [-0.4, -0.2) is 59.6 Å². The van der Waals surface area contributed by atoms with Crippen LogP contribution in [0, 0.1) is 11.8 Å². The fraction of sp³-hybridized carbons (Fsp3) is 0.941. The Labute approximate surface area is 129 Å². The minimum absolute atomic E-state index is 0.213. The van der Waals surface area contributed by atoms with Gasteiger partial charge in [0.1, 0.15) is 0 Å². The first kappa shape index (κ1) is 16.8. The highest BCUT2D eigenvalue weighted by Crippen LogP contribution is 2.27. The summed E-state index contributed by atoms with van der Waals surface area (Å²) >= 11 is 0. The first-order valence-corrected chi connectivity index (χ1v) is 8.63. The molecule has 0 radical (unpaired) electrons. The number of aliphatic hydroxyl groups excluding tert-OH is 1. The van der Waals surface area contributed by atoms with E-state index in [1.54, 1.807) is 0 Å². The second kappa shape index (κ2) is 7.59. The molecule has 1 N–H and O–H groups in total. The third-order valence-electron chi connectivity index (χ3n) is 5.60. The van der Waals surface area contributed by atoms with Gasteiger partial charge in [-0.15, -0.1) is 0 Å². The van der Waals surface area contributed by atoms with Crippen molar-refractivity contribution in [2.24, 2.45) is 11.8 Å². The van der Waals surface area contributed by atoms with E-state index in [1.807, 2.05) is 18.9 Å². The lowest BCUT2D eigenvalue weighted by molar-refractivity contribution is -0.134. The van der Waals surface area contributed by atoms with Crippen LogP contribution in [-0.2, 0) is 4.79 Å². The highest BCUT2D eigenvalue weighted by atomic mass is 16.3. The number of amides is 1. The highest BCUT2D eigenvalue weighted by Gasteiger charge is 2.28. The molecule has 2 fully saturated rings. The van der Waals surface area contributed by atoms with E-state index in [0.717, 1.165) is 44.7 Å². The van der Waals surface area contributed by atoms with Gasteiger partial charge in [-0.25, -0.2) is 0 Å². The minimum Gasteiger partial charge on any atom is -0.393 e. The number of hydrogen-bond acceptors (Lipinski definition) is 3. The van der Waals surface area contributed by atoms with Crippen LogP contribution >= 0.6 is 0 Å². The zero-order valence-electron chi connectivity index (χ0n) is 13.9. The Kier molecular flexibility index (Phi) is 6.06. The molecule has 1 aliphatic heterocycles. The van der Waals surface area contributed by atoms with Gasteiger partial charge in [0, 0.05) is 13.1 Å². The summed E-state index contributed by atoms with van der Waals surface area (Å²) in [5, 5.41) is 9.63. The van der Waals surface area contributed by atoms with Crippen LogP contribution in [0.3, 0.4) is 0 Å². The van der Waals surface area contributed by atoms with Crippen molar-refractivity contribution in [3.63, 3.8) is 0 Å². The Morgan fingerprint density at radius 1 is 1.19 bits per heavy atom. The summed E-state index contributed by atoms with van der Waals surface area (Å²) in [5.41, 5.74) is 0. The molecule has 2 aliphatic rings. The van der Waals surface area contributed by atoms with Crippen molar-refractivity contribution in [2.75, 3.05) is 26.7 Å². The smallest absolute Gasteiger partial charge is 0.236 e. The molecule has 1 unspecified atom stereocenters. The Morgan fingerprint density at radius 2 is 1.76 bits per heavy atom. The van der Waals surface area contributed by atoms with Crippen molar-refractivity contribution < 1.29 is 9.90 Å². The van der Waals surface area contributed by atoms with Crippen molar-refractivity contribution in [2.45, 2.75) is 64.5 Å². The number of rotatable bonds is 4. The summed E-state index contributed by atoms with van der Waals surface area (Å²) in [7, 11) is 1.98. The third-order valence-corrected chi connectivity index (χ3v) is 5.60. The van der Waals surface area contributed by atoms with E-state index in [9.17, 15) is 9.90 Å². The number of likely N-dealkylation sites (N-methyl/N-ethyl adjacent to an activating group) is 1. The summed E-state index contributed by atoms with van der Waals surface area (Å²) in [6, 6.07) is 0.448. The Hall–Kier alpha value is -0.610. The molecule has 1 saturated carbocycles. The van der Waals surface area contributed by atoms with Crippen molar-refractivity contribution in [1.82, 2.24) is 9.80 Å². The van der Waals surface area contributed by atoms with E-state index in [4.69, 9.17) is 0 Å². The molecule has 21 heavy (non-hydrogen) atoms. The number of nitrogens with zero attached hydrogens (tertiary/aromatic N) is 2. The van der Waals surface area contributed by atoms with E-state index in [2.05, 4.69) is 11.8 Å². The van der Waals surface area contributed by atoms with Crippen LogP contribution in [0.1, 0.15) is 52.4 Å². The maximum atomic E-state index is 12.4. The zero-order valence-corrected chi connectivity index (χ0v) is 13.9. The van der Waals surface area contributed by atoms with Crippen molar-refractivity contribution in [3.05, 3.63) is 0 Å². The van der Waals surface area contributed by atoms with Gasteiger partial charge in [-0.3, -0.25) is 9.69 Å². The molecule has 0 spiro atoms. The lowest BCUT2D eigenvalue weighted by Crippen LogP contribution is -2.47. The Bertz CT molecular complexity index is 330. The van der Waals surface area contributed by atoms with E-state index in [-0.39, 0.29) is 12.0 Å². The highest BCUT2D eigenvalue weighted by molar-refractivity contribution is 5.78.